The van der Waals surface area contributed by atoms with E-state index in [1.54, 1.807) is 0 Å². The van der Waals surface area contributed by atoms with Crippen molar-refractivity contribution in [3.63, 3.8) is 0 Å². The van der Waals surface area contributed by atoms with E-state index in [-0.39, 0.29) is 5.60 Å². The fraction of sp³-hybridized carbons (Fsp3) is 1.00. The van der Waals surface area contributed by atoms with Gasteiger partial charge in [-0.2, -0.15) is 0 Å². The van der Waals surface area contributed by atoms with E-state index in [9.17, 15) is 0 Å². The number of methoxy groups -OCH3 is 1. The minimum atomic E-state index is -0.0224. The summed E-state index contributed by atoms with van der Waals surface area (Å²) in [4.78, 5) is 2.71. The Hall–Kier alpha value is -0.120. The maximum absolute atomic E-state index is 5.59. The number of nitrogens with one attached hydrogen (secondary N) is 1. The Labute approximate surface area is 112 Å². The number of hydrogen-bond acceptors (Lipinski definition) is 3. The van der Waals surface area contributed by atoms with Gasteiger partial charge < -0.3 is 10.1 Å². The van der Waals surface area contributed by atoms with Crippen LogP contribution in [0.1, 0.15) is 41.0 Å². The van der Waals surface area contributed by atoms with Crippen LogP contribution in [0.2, 0.25) is 0 Å². The van der Waals surface area contributed by atoms with Crippen molar-refractivity contribution in [3.8, 4) is 0 Å². The molecule has 3 unspecified atom stereocenters. The smallest absolute Gasteiger partial charge is 0.0637 e. The number of nitrogens with zero attached hydrogens (tertiary/aromatic N) is 1. The van der Waals surface area contributed by atoms with Gasteiger partial charge >= 0.3 is 0 Å². The van der Waals surface area contributed by atoms with Crippen LogP contribution in [-0.4, -0.2) is 48.8 Å². The van der Waals surface area contributed by atoms with Crippen LogP contribution in [0, 0.1) is 11.8 Å². The van der Waals surface area contributed by atoms with E-state index in [0.29, 0.717) is 11.6 Å². The highest BCUT2D eigenvalue weighted by Crippen LogP contribution is 2.42. The Kier molecular flexibility index (Phi) is 3.79. The van der Waals surface area contributed by atoms with Gasteiger partial charge in [-0.05, 0) is 59.4 Å². The molecule has 0 saturated carbocycles. The summed E-state index contributed by atoms with van der Waals surface area (Å²) in [5.41, 5.74) is 0.294. The van der Waals surface area contributed by atoms with E-state index >= 15 is 0 Å². The van der Waals surface area contributed by atoms with Crippen molar-refractivity contribution < 1.29 is 4.74 Å². The first-order valence-electron chi connectivity index (χ1n) is 7.30. The summed E-state index contributed by atoms with van der Waals surface area (Å²) in [6, 6.07) is 0.584. The number of likely N-dealkylation sites (tertiary alicyclic amines) is 1. The first-order chi connectivity index (χ1) is 8.28. The van der Waals surface area contributed by atoms with Gasteiger partial charge in [-0.3, -0.25) is 4.90 Å². The Morgan fingerprint density at radius 2 is 2.06 bits per heavy atom. The van der Waals surface area contributed by atoms with Gasteiger partial charge in [-0.15, -0.1) is 0 Å². The third-order valence-electron chi connectivity index (χ3n) is 5.29. The molecule has 106 valence electrons. The van der Waals surface area contributed by atoms with E-state index in [2.05, 4.69) is 44.8 Å². The van der Waals surface area contributed by atoms with Crippen LogP contribution >= 0.6 is 0 Å². The standard InChI is InChI=1S/C15H30N2O/c1-11(7-14(2,3)18-6)17-10-12-8-16-9-13(12)15(17,4)5/h11-13,16H,7-10H2,1-6H3. The minimum absolute atomic E-state index is 0.0224. The molecule has 0 aromatic rings. The number of fused-ring (bicyclic) bond motifs is 1. The molecule has 3 nitrogen and oxygen atoms in total. The highest BCUT2D eigenvalue weighted by molar-refractivity contribution is 5.06. The zero-order chi connectivity index (χ0) is 13.6. The Balaban J connectivity index is 2.05. The lowest BCUT2D eigenvalue weighted by Gasteiger charge is -2.42. The summed E-state index contributed by atoms with van der Waals surface area (Å²) < 4.78 is 5.59. The SMILES string of the molecule is COC(C)(C)CC(C)N1CC2CNCC2C1(C)C. The molecular weight excluding hydrogens is 224 g/mol. The number of hydrogen-bond donors (Lipinski definition) is 1. The topological polar surface area (TPSA) is 24.5 Å². The van der Waals surface area contributed by atoms with Gasteiger partial charge in [-0.1, -0.05) is 0 Å². The van der Waals surface area contributed by atoms with Crippen molar-refractivity contribution >= 4 is 0 Å². The maximum atomic E-state index is 5.59. The molecule has 18 heavy (non-hydrogen) atoms. The van der Waals surface area contributed by atoms with Crippen molar-refractivity contribution in [2.45, 2.75) is 58.2 Å². The normalized spacial score (nSPS) is 33.7. The van der Waals surface area contributed by atoms with Crippen molar-refractivity contribution in [2.24, 2.45) is 11.8 Å². The van der Waals surface area contributed by atoms with E-state index in [1.165, 1.54) is 19.6 Å². The van der Waals surface area contributed by atoms with E-state index in [4.69, 9.17) is 4.74 Å². The Morgan fingerprint density at radius 3 is 2.61 bits per heavy atom. The van der Waals surface area contributed by atoms with Gasteiger partial charge in [0.05, 0.1) is 5.60 Å². The summed E-state index contributed by atoms with van der Waals surface area (Å²) in [6.45, 7) is 15.2. The van der Waals surface area contributed by atoms with Crippen LogP contribution in [0.15, 0.2) is 0 Å². The molecule has 1 N–H and O–H groups in total. The quantitative estimate of drug-likeness (QED) is 0.832. The van der Waals surface area contributed by atoms with Crippen LogP contribution in [0.25, 0.3) is 0 Å². The van der Waals surface area contributed by atoms with Crippen molar-refractivity contribution in [1.29, 1.82) is 0 Å². The average Bonchev–Trinajstić information content (AvgIpc) is 2.80. The Bertz CT molecular complexity index is 301. The molecule has 2 rings (SSSR count). The fourth-order valence-electron chi connectivity index (χ4n) is 4.11. The van der Waals surface area contributed by atoms with Gasteiger partial charge in [0.1, 0.15) is 0 Å². The molecule has 0 spiro atoms. The zero-order valence-electron chi connectivity index (χ0n) is 12.9. The van der Waals surface area contributed by atoms with Crippen LogP contribution in [0.4, 0.5) is 0 Å². The van der Waals surface area contributed by atoms with Crippen LogP contribution in [0.5, 0.6) is 0 Å². The molecule has 0 radical (unpaired) electrons. The van der Waals surface area contributed by atoms with E-state index in [1.807, 2.05) is 7.11 Å². The highest BCUT2D eigenvalue weighted by atomic mass is 16.5. The van der Waals surface area contributed by atoms with Gasteiger partial charge in [0.2, 0.25) is 0 Å². The summed E-state index contributed by atoms with van der Waals surface area (Å²) in [7, 11) is 1.82. The van der Waals surface area contributed by atoms with Crippen LogP contribution in [-0.2, 0) is 4.74 Å². The summed E-state index contributed by atoms with van der Waals surface area (Å²) in [6.07, 6.45) is 1.10. The third-order valence-corrected chi connectivity index (χ3v) is 5.29. The predicted molar refractivity (Wildman–Crippen MR) is 75.8 cm³/mol. The van der Waals surface area contributed by atoms with Crippen LogP contribution < -0.4 is 5.32 Å². The zero-order valence-corrected chi connectivity index (χ0v) is 12.9. The van der Waals surface area contributed by atoms with E-state index < -0.39 is 0 Å². The molecule has 0 aromatic heterocycles. The minimum Gasteiger partial charge on any atom is -0.379 e. The maximum Gasteiger partial charge on any atom is 0.0637 e. The first-order valence-corrected chi connectivity index (χ1v) is 7.30. The van der Waals surface area contributed by atoms with Gasteiger partial charge in [0.25, 0.3) is 0 Å². The molecular formula is C15H30N2O. The average molecular weight is 254 g/mol. The second-order valence-corrected chi connectivity index (χ2v) is 7.35. The predicted octanol–water partition coefficient (Wildman–Crippen LogP) is 2.12. The molecule has 3 heteroatoms. The highest BCUT2D eigenvalue weighted by Gasteiger charge is 2.51. The summed E-state index contributed by atoms with van der Waals surface area (Å²) in [5.74, 6) is 1.65. The summed E-state index contributed by atoms with van der Waals surface area (Å²) >= 11 is 0. The third kappa shape index (κ3) is 2.45. The lowest BCUT2D eigenvalue weighted by molar-refractivity contribution is -0.0182. The Morgan fingerprint density at radius 1 is 1.39 bits per heavy atom. The lowest BCUT2D eigenvalue weighted by atomic mass is 9.84. The molecule has 0 amide bonds. The second-order valence-electron chi connectivity index (χ2n) is 7.35. The molecule has 2 heterocycles. The molecule has 0 aliphatic carbocycles. The monoisotopic (exact) mass is 254 g/mol. The van der Waals surface area contributed by atoms with Gasteiger partial charge in [-0.25, -0.2) is 0 Å². The van der Waals surface area contributed by atoms with Crippen molar-refractivity contribution in [1.82, 2.24) is 10.2 Å². The molecule has 2 saturated heterocycles. The fourth-order valence-corrected chi connectivity index (χ4v) is 4.11. The van der Waals surface area contributed by atoms with E-state index in [0.717, 1.165) is 18.3 Å². The van der Waals surface area contributed by atoms with Gasteiger partial charge in [0.15, 0.2) is 0 Å². The largest absolute Gasteiger partial charge is 0.379 e. The number of ether oxygens (including phenoxy) is 1. The molecule has 3 atom stereocenters. The van der Waals surface area contributed by atoms with Crippen molar-refractivity contribution in [2.75, 3.05) is 26.7 Å². The number of rotatable bonds is 4. The molecule has 2 aliphatic heterocycles. The summed E-state index contributed by atoms with van der Waals surface area (Å²) in [5, 5.41) is 3.55. The van der Waals surface area contributed by atoms with Crippen molar-refractivity contribution in [3.05, 3.63) is 0 Å². The molecule has 2 aliphatic rings. The molecule has 0 aromatic carbocycles. The lowest BCUT2D eigenvalue weighted by Crippen LogP contribution is -2.50. The first kappa shape index (κ1) is 14.3. The second kappa shape index (κ2) is 4.77. The van der Waals surface area contributed by atoms with Gasteiger partial charge in [0, 0.05) is 31.8 Å². The molecule has 2 fully saturated rings. The van der Waals surface area contributed by atoms with Crippen LogP contribution in [0.3, 0.4) is 0 Å². The molecule has 0 bridgehead atoms.